The number of aliphatic hydroxyl groups is 1. The summed E-state index contributed by atoms with van der Waals surface area (Å²) in [7, 11) is 1.80. The largest absolute Gasteiger partial charge is 0.395 e. The van der Waals surface area contributed by atoms with Gasteiger partial charge < -0.3 is 15.7 Å². The minimum Gasteiger partial charge on any atom is -0.395 e. The van der Waals surface area contributed by atoms with Crippen LogP contribution < -0.4 is 10.6 Å². The van der Waals surface area contributed by atoms with Crippen molar-refractivity contribution < 1.29 is 14.3 Å². The van der Waals surface area contributed by atoms with E-state index in [0.717, 1.165) is 18.4 Å². The zero-order valence-electron chi connectivity index (χ0n) is 16.8. The van der Waals surface area contributed by atoms with Gasteiger partial charge in [0.15, 0.2) is 5.82 Å². The summed E-state index contributed by atoms with van der Waals surface area (Å²) in [5.74, 6) is -0.471. The van der Waals surface area contributed by atoms with Gasteiger partial charge in [-0.25, -0.2) is 14.4 Å². The topological polar surface area (TPSA) is 105 Å². The van der Waals surface area contributed by atoms with Crippen LogP contribution >= 0.6 is 0 Å². The lowest BCUT2D eigenvalue weighted by molar-refractivity contribution is 0.0947. The molecule has 1 amide bonds. The lowest BCUT2D eigenvalue weighted by atomic mass is 10.0. The standard InChI is InChI=1S/C21H23FN6O2/c1-12-7-17(22)16(21(30)26-14-3-4-14)8-15(12)18-10-24-20(23-5-6-29)19(27-18)13-9-25-28(2)11-13/h7-11,14,29H,3-6H2,1-2H3,(H,23,24)(H,26,30). The fraction of sp³-hybridized carbons (Fsp3) is 0.333. The summed E-state index contributed by atoms with van der Waals surface area (Å²) in [5.41, 5.74) is 3.10. The summed E-state index contributed by atoms with van der Waals surface area (Å²) in [6.45, 7) is 2.04. The minimum atomic E-state index is -0.559. The maximum atomic E-state index is 14.5. The second-order valence-corrected chi connectivity index (χ2v) is 7.40. The quantitative estimate of drug-likeness (QED) is 0.552. The number of hydrogen-bond acceptors (Lipinski definition) is 6. The summed E-state index contributed by atoms with van der Waals surface area (Å²) in [6.07, 6.45) is 6.90. The number of rotatable bonds is 7. The summed E-state index contributed by atoms with van der Waals surface area (Å²) in [6, 6.07) is 3.01. The summed E-state index contributed by atoms with van der Waals surface area (Å²) >= 11 is 0. The van der Waals surface area contributed by atoms with Gasteiger partial charge in [-0.3, -0.25) is 9.48 Å². The number of nitrogens with one attached hydrogen (secondary N) is 2. The molecule has 1 aromatic carbocycles. The van der Waals surface area contributed by atoms with Gasteiger partial charge in [0.1, 0.15) is 11.5 Å². The second kappa shape index (κ2) is 8.19. The molecule has 1 fully saturated rings. The first-order valence-electron chi connectivity index (χ1n) is 9.78. The molecule has 8 nitrogen and oxygen atoms in total. The van der Waals surface area contributed by atoms with Gasteiger partial charge in [0.05, 0.1) is 30.3 Å². The molecule has 2 heterocycles. The molecular weight excluding hydrogens is 387 g/mol. The van der Waals surface area contributed by atoms with Crippen LogP contribution in [-0.2, 0) is 7.05 Å². The highest BCUT2D eigenvalue weighted by atomic mass is 19.1. The smallest absolute Gasteiger partial charge is 0.254 e. The molecule has 0 spiro atoms. The molecule has 3 N–H and O–H groups in total. The Morgan fingerprint density at radius 3 is 2.80 bits per heavy atom. The van der Waals surface area contributed by atoms with Crippen molar-refractivity contribution >= 4 is 11.7 Å². The molecular formula is C21H23FN6O2. The predicted octanol–water partition coefficient (Wildman–Crippen LogP) is 2.29. The van der Waals surface area contributed by atoms with Crippen molar-refractivity contribution in [1.82, 2.24) is 25.1 Å². The monoisotopic (exact) mass is 410 g/mol. The number of anilines is 1. The van der Waals surface area contributed by atoms with E-state index in [2.05, 4.69) is 20.7 Å². The van der Waals surface area contributed by atoms with E-state index in [4.69, 9.17) is 10.1 Å². The van der Waals surface area contributed by atoms with Crippen LogP contribution in [0.15, 0.2) is 30.7 Å². The highest BCUT2D eigenvalue weighted by Gasteiger charge is 2.26. The molecule has 156 valence electrons. The molecule has 4 rings (SSSR count). The van der Waals surface area contributed by atoms with Crippen LogP contribution in [0, 0.1) is 12.7 Å². The molecule has 0 bridgehead atoms. The average Bonchev–Trinajstić information content (AvgIpc) is 3.43. The van der Waals surface area contributed by atoms with Crippen molar-refractivity contribution in [2.75, 3.05) is 18.5 Å². The Hall–Kier alpha value is -3.33. The van der Waals surface area contributed by atoms with Gasteiger partial charge in [-0.15, -0.1) is 0 Å². The first-order valence-corrected chi connectivity index (χ1v) is 9.78. The fourth-order valence-corrected chi connectivity index (χ4v) is 3.18. The highest BCUT2D eigenvalue weighted by molar-refractivity contribution is 5.96. The van der Waals surface area contributed by atoms with E-state index in [1.807, 2.05) is 6.20 Å². The number of aliphatic hydroxyl groups excluding tert-OH is 1. The maximum Gasteiger partial charge on any atom is 0.254 e. The predicted molar refractivity (Wildman–Crippen MR) is 110 cm³/mol. The number of carbonyl (C=O) groups is 1. The van der Waals surface area contributed by atoms with E-state index in [9.17, 15) is 9.18 Å². The van der Waals surface area contributed by atoms with E-state index in [1.165, 1.54) is 12.1 Å². The number of nitrogens with zero attached hydrogens (tertiary/aromatic N) is 4. The van der Waals surface area contributed by atoms with Crippen LogP contribution in [0.5, 0.6) is 0 Å². The van der Waals surface area contributed by atoms with Crippen molar-refractivity contribution in [2.24, 2.45) is 7.05 Å². The summed E-state index contributed by atoms with van der Waals surface area (Å²) < 4.78 is 16.1. The Bertz CT molecular complexity index is 1090. The van der Waals surface area contributed by atoms with Gasteiger partial charge in [0.2, 0.25) is 0 Å². The number of halogens is 1. The molecule has 30 heavy (non-hydrogen) atoms. The molecule has 1 aliphatic carbocycles. The van der Waals surface area contributed by atoms with E-state index < -0.39 is 11.7 Å². The Kier molecular flexibility index (Phi) is 5.45. The van der Waals surface area contributed by atoms with Crippen LogP contribution in [0.25, 0.3) is 22.5 Å². The van der Waals surface area contributed by atoms with E-state index in [0.29, 0.717) is 34.9 Å². The van der Waals surface area contributed by atoms with Crippen molar-refractivity contribution in [3.05, 3.63) is 47.7 Å². The van der Waals surface area contributed by atoms with Crippen LogP contribution in [0.3, 0.4) is 0 Å². The van der Waals surface area contributed by atoms with E-state index in [1.54, 1.807) is 31.0 Å². The third-order valence-corrected chi connectivity index (χ3v) is 4.90. The third-order valence-electron chi connectivity index (χ3n) is 4.90. The number of amides is 1. The molecule has 0 aliphatic heterocycles. The normalized spacial score (nSPS) is 13.3. The second-order valence-electron chi connectivity index (χ2n) is 7.40. The first kappa shape index (κ1) is 20.0. The molecule has 1 saturated carbocycles. The molecule has 0 unspecified atom stereocenters. The third kappa shape index (κ3) is 4.16. The van der Waals surface area contributed by atoms with E-state index in [-0.39, 0.29) is 18.2 Å². The number of carbonyl (C=O) groups excluding carboxylic acids is 1. The van der Waals surface area contributed by atoms with Gasteiger partial charge in [-0.05, 0) is 37.5 Å². The molecule has 3 aromatic rings. The summed E-state index contributed by atoms with van der Waals surface area (Å²) in [4.78, 5) is 21.6. The fourth-order valence-electron chi connectivity index (χ4n) is 3.18. The number of hydrogen-bond donors (Lipinski definition) is 3. The van der Waals surface area contributed by atoms with Crippen molar-refractivity contribution in [3.8, 4) is 22.5 Å². The Morgan fingerprint density at radius 1 is 1.33 bits per heavy atom. The van der Waals surface area contributed by atoms with Gasteiger partial charge in [-0.2, -0.15) is 5.10 Å². The first-order chi connectivity index (χ1) is 14.5. The Morgan fingerprint density at radius 2 is 2.13 bits per heavy atom. The number of benzene rings is 1. The summed E-state index contributed by atoms with van der Waals surface area (Å²) in [5, 5.41) is 19.2. The van der Waals surface area contributed by atoms with Gasteiger partial charge in [0, 0.05) is 37.0 Å². The highest BCUT2D eigenvalue weighted by Crippen LogP contribution is 2.30. The van der Waals surface area contributed by atoms with Crippen LogP contribution in [0.4, 0.5) is 10.2 Å². The number of aryl methyl sites for hydroxylation is 2. The van der Waals surface area contributed by atoms with Crippen LogP contribution in [-0.4, -0.2) is 50.0 Å². The zero-order valence-corrected chi connectivity index (χ0v) is 16.8. The minimum absolute atomic E-state index is 0.00490. The lowest BCUT2D eigenvalue weighted by Gasteiger charge is -2.13. The number of aromatic nitrogens is 4. The maximum absolute atomic E-state index is 14.5. The SMILES string of the molecule is Cc1cc(F)c(C(=O)NC2CC2)cc1-c1cnc(NCCO)c(-c2cnn(C)c2)n1. The molecule has 9 heteroatoms. The van der Waals surface area contributed by atoms with Gasteiger partial charge >= 0.3 is 0 Å². The van der Waals surface area contributed by atoms with Crippen molar-refractivity contribution in [2.45, 2.75) is 25.8 Å². The molecule has 0 radical (unpaired) electrons. The lowest BCUT2D eigenvalue weighted by Crippen LogP contribution is -2.26. The van der Waals surface area contributed by atoms with E-state index >= 15 is 0 Å². The molecule has 2 aromatic heterocycles. The van der Waals surface area contributed by atoms with Crippen molar-refractivity contribution in [1.29, 1.82) is 0 Å². The van der Waals surface area contributed by atoms with Gasteiger partial charge in [0.25, 0.3) is 5.91 Å². The van der Waals surface area contributed by atoms with Crippen LogP contribution in [0.2, 0.25) is 0 Å². The Labute approximate surface area is 173 Å². The van der Waals surface area contributed by atoms with Crippen molar-refractivity contribution in [3.63, 3.8) is 0 Å². The molecule has 0 saturated heterocycles. The molecule has 0 atom stereocenters. The molecule has 1 aliphatic rings. The zero-order chi connectivity index (χ0) is 21.3. The van der Waals surface area contributed by atoms with Crippen LogP contribution in [0.1, 0.15) is 28.8 Å². The Balaban J connectivity index is 1.77. The average molecular weight is 410 g/mol. The van der Waals surface area contributed by atoms with Gasteiger partial charge in [-0.1, -0.05) is 0 Å².